The lowest BCUT2D eigenvalue weighted by molar-refractivity contribution is -0.113. The third kappa shape index (κ3) is 4.17. The highest BCUT2D eigenvalue weighted by molar-refractivity contribution is 5.98. The number of nitrogens with two attached hydrogens (primary N) is 1. The van der Waals surface area contributed by atoms with Gasteiger partial charge in [-0.1, -0.05) is 18.2 Å². The van der Waals surface area contributed by atoms with Crippen molar-refractivity contribution in [2.24, 2.45) is 5.73 Å². The molecule has 2 heterocycles. The smallest absolute Gasteiger partial charge is 0.248 e. The molecule has 0 atom stereocenters. The predicted octanol–water partition coefficient (Wildman–Crippen LogP) is 2.50. The molecule has 0 saturated heterocycles. The van der Waals surface area contributed by atoms with Crippen molar-refractivity contribution in [1.29, 1.82) is 0 Å². The zero-order valence-electron chi connectivity index (χ0n) is 13.5. The summed E-state index contributed by atoms with van der Waals surface area (Å²) in [5, 5.41) is 3.64. The minimum Gasteiger partial charge on any atom is -0.366 e. The zero-order chi connectivity index (χ0) is 17.6. The van der Waals surface area contributed by atoms with Gasteiger partial charge in [0, 0.05) is 23.3 Å². The van der Waals surface area contributed by atoms with E-state index in [0.29, 0.717) is 24.1 Å². The SMILES string of the molecule is NC(=O)c1ccccc1CC[CH]C(=O)Nc1cnc2ccncc2c1. The van der Waals surface area contributed by atoms with Gasteiger partial charge in [-0.25, -0.2) is 0 Å². The molecule has 6 heteroatoms. The molecule has 2 aromatic heterocycles. The van der Waals surface area contributed by atoms with Crippen molar-refractivity contribution in [3.05, 3.63) is 72.5 Å². The number of nitrogens with one attached hydrogen (secondary N) is 1. The Morgan fingerprint density at radius 1 is 1.16 bits per heavy atom. The highest BCUT2D eigenvalue weighted by Gasteiger charge is 2.09. The lowest BCUT2D eigenvalue weighted by atomic mass is 10.0. The number of pyridine rings is 2. The van der Waals surface area contributed by atoms with Crippen molar-refractivity contribution in [1.82, 2.24) is 9.97 Å². The van der Waals surface area contributed by atoms with Crippen molar-refractivity contribution < 1.29 is 9.59 Å². The van der Waals surface area contributed by atoms with Crippen LogP contribution in [0.1, 0.15) is 22.3 Å². The number of hydrogen-bond donors (Lipinski definition) is 2. The first kappa shape index (κ1) is 16.6. The van der Waals surface area contributed by atoms with Gasteiger partial charge in [0.05, 0.1) is 23.8 Å². The Hall–Kier alpha value is -3.28. The Balaban J connectivity index is 1.57. The Morgan fingerprint density at radius 2 is 2.00 bits per heavy atom. The number of carbonyl (C=O) groups excluding carboxylic acids is 2. The molecule has 0 unspecified atom stereocenters. The van der Waals surface area contributed by atoms with Gasteiger partial charge in [-0.15, -0.1) is 0 Å². The van der Waals surface area contributed by atoms with E-state index < -0.39 is 5.91 Å². The maximum absolute atomic E-state index is 12.1. The van der Waals surface area contributed by atoms with E-state index in [1.54, 1.807) is 37.1 Å². The van der Waals surface area contributed by atoms with E-state index in [2.05, 4.69) is 15.3 Å². The third-order valence-corrected chi connectivity index (χ3v) is 3.78. The monoisotopic (exact) mass is 333 g/mol. The molecule has 25 heavy (non-hydrogen) atoms. The van der Waals surface area contributed by atoms with Crippen molar-refractivity contribution >= 4 is 28.4 Å². The minimum atomic E-state index is -0.462. The minimum absolute atomic E-state index is 0.221. The second-order valence-electron chi connectivity index (χ2n) is 5.55. The molecule has 3 rings (SSSR count). The van der Waals surface area contributed by atoms with Crippen LogP contribution < -0.4 is 11.1 Å². The molecule has 0 spiro atoms. The number of hydrogen-bond acceptors (Lipinski definition) is 4. The van der Waals surface area contributed by atoms with E-state index in [4.69, 9.17) is 5.73 Å². The lowest BCUT2D eigenvalue weighted by Crippen LogP contribution is -2.15. The molecule has 0 fully saturated rings. The van der Waals surface area contributed by atoms with Crippen LogP contribution in [0.3, 0.4) is 0 Å². The van der Waals surface area contributed by atoms with E-state index >= 15 is 0 Å². The maximum Gasteiger partial charge on any atom is 0.248 e. The molecule has 3 aromatic rings. The van der Waals surface area contributed by atoms with E-state index in [1.807, 2.05) is 24.3 Å². The number of carbonyl (C=O) groups is 2. The second-order valence-corrected chi connectivity index (χ2v) is 5.55. The largest absolute Gasteiger partial charge is 0.366 e. The van der Waals surface area contributed by atoms with Crippen LogP contribution in [0.5, 0.6) is 0 Å². The molecule has 3 N–H and O–H groups in total. The first-order valence-corrected chi connectivity index (χ1v) is 7.85. The van der Waals surface area contributed by atoms with Crippen LogP contribution >= 0.6 is 0 Å². The van der Waals surface area contributed by atoms with E-state index in [0.717, 1.165) is 16.5 Å². The number of rotatable bonds is 6. The Kier molecular flexibility index (Phi) is 4.99. The molecule has 0 bridgehead atoms. The first-order valence-electron chi connectivity index (χ1n) is 7.85. The summed E-state index contributed by atoms with van der Waals surface area (Å²) in [6.07, 6.45) is 7.58. The van der Waals surface area contributed by atoms with E-state index in [-0.39, 0.29) is 5.91 Å². The maximum atomic E-state index is 12.1. The molecule has 0 saturated carbocycles. The fourth-order valence-electron chi connectivity index (χ4n) is 2.57. The number of fused-ring (bicyclic) bond motifs is 1. The number of primary amides is 1. The highest BCUT2D eigenvalue weighted by Crippen LogP contribution is 2.16. The normalized spacial score (nSPS) is 10.6. The molecule has 0 aliphatic carbocycles. The van der Waals surface area contributed by atoms with Gasteiger partial charge in [-0.05, 0) is 36.6 Å². The Bertz CT molecular complexity index is 924. The number of nitrogens with zero attached hydrogens (tertiary/aromatic N) is 2. The molecule has 1 radical (unpaired) electrons. The van der Waals surface area contributed by atoms with Crippen molar-refractivity contribution in [2.45, 2.75) is 12.8 Å². The van der Waals surface area contributed by atoms with Crippen LogP contribution in [0.15, 0.2) is 55.0 Å². The van der Waals surface area contributed by atoms with Crippen LogP contribution in [-0.2, 0) is 11.2 Å². The number of benzene rings is 1. The molecule has 0 aliphatic rings. The van der Waals surface area contributed by atoms with Gasteiger partial charge in [0.15, 0.2) is 0 Å². The van der Waals surface area contributed by atoms with Crippen molar-refractivity contribution in [2.75, 3.05) is 5.32 Å². The summed E-state index contributed by atoms with van der Waals surface area (Å²) in [7, 11) is 0. The fraction of sp³-hybridized carbons (Fsp3) is 0.105. The van der Waals surface area contributed by atoms with Gasteiger partial charge in [0.25, 0.3) is 0 Å². The lowest BCUT2D eigenvalue weighted by Gasteiger charge is -2.07. The van der Waals surface area contributed by atoms with E-state index in [9.17, 15) is 9.59 Å². The highest BCUT2D eigenvalue weighted by atomic mass is 16.1. The third-order valence-electron chi connectivity index (χ3n) is 3.78. The van der Waals surface area contributed by atoms with Crippen molar-refractivity contribution in [3.63, 3.8) is 0 Å². The summed E-state index contributed by atoms with van der Waals surface area (Å²) < 4.78 is 0. The van der Waals surface area contributed by atoms with Crippen LogP contribution in [0.2, 0.25) is 0 Å². The summed E-state index contributed by atoms with van der Waals surface area (Å²) >= 11 is 0. The molecule has 125 valence electrons. The fourth-order valence-corrected chi connectivity index (χ4v) is 2.57. The Labute approximate surface area is 145 Å². The van der Waals surface area contributed by atoms with Crippen LogP contribution in [0, 0.1) is 6.42 Å². The molecular formula is C19H17N4O2. The topological polar surface area (TPSA) is 98.0 Å². The average Bonchev–Trinajstić information content (AvgIpc) is 2.62. The number of aryl methyl sites for hydroxylation is 1. The van der Waals surface area contributed by atoms with Crippen LogP contribution in [-0.4, -0.2) is 21.8 Å². The second kappa shape index (κ2) is 7.53. The number of anilines is 1. The summed E-state index contributed by atoms with van der Waals surface area (Å²) in [5.74, 6) is -0.683. The molecule has 1 aromatic carbocycles. The number of aromatic nitrogens is 2. The Morgan fingerprint density at radius 3 is 2.84 bits per heavy atom. The number of amides is 2. The molecule has 2 amide bonds. The zero-order valence-corrected chi connectivity index (χ0v) is 13.5. The summed E-state index contributed by atoms with van der Waals surface area (Å²) in [5.41, 5.74) is 8.10. The predicted molar refractivity (Wildman–Crippen MR) is 95.7 cm³/mol. The van der Waals surface area contributed by atoms with Gasteiger partial charge in [-0.3, -0.25) is 19.6 Å². The van der Waals surface area contributed by atoms with E-state index in [1.165, 1.54) is 0 Å². The van der Waals surface area contributed by atoms with Gasteiger partial charge < -0.3 is 11.1 Å². The van der Waals surface area contributed by atoms with Gasteiger partial charge in [-0.2, -0.15) is 0 Å². The summed E-state index contributed by atoms with van der Waals surface area (Å²) in [4.78, 5) is 31.8. The molecular weight excluding hydrogens is 316 g/mol. The summed E-state index contributed by atoms with van der Waals surface area (Å²) in [6, 6.07) is 10.8. The molecule has 6 nitrogen and oxygen atoms in total. The van der Waals surface area contributed by atoms with Crippen LogP contribution in [0.25, 0.3) is 10.9 Å². The quantitative estimate of drug-likeness (QED) is 0.724. The molecule has 0 aliphatic heterocycles. The average molecular weight is 333 g/mol. The summed E-state index contributed by atoms with van der Waals surface area (Å²) in [6.45, 7) is 0. The van der Waals surface area contributed by atoms with Crippen LogP contribution in [0.4, 0.5) is 5.69 Å². The van der Waals surface area contributed by atoms with Crippen molar-refractivity contribution in [3.8, 4) is 0 Å². The van der Waals surface area contributed by atoms with Gasteiger partial charge in [0.2, 0.25) is 11.8 Å². The van der Waals surface area contributed by atoms with Gasteiger partial charge >= 0.3 is 0 Å². The van der Waals surface area contributed by atoms with Gasteiger partial charge in [0.1, 0.15) is 0 Å². The first-order chi connectivity index (χ1) is 12.1. The standard InChI is InChI=1S/C19H17N4O2/c20-19(25)16-6-2-1-4-13(16)5-3-7-18(24)23-15-10-14-11-21-9-8-17(14)22-12-15/h1-2,4,6-12H,3,5H2,(H2,20,25)(H,23,24).